The molecule has 1 nitrogen and oxygen atoms in total. The van der Waals surface area contributed by atoms with Gasteiger partial charge in [-0.1, -0.05) is 63.9 Å². The van der Waals surface area contributed by atoms with E-state index in [9.17, 15) is 0 Å². The number of nitrogens with one attached hydrogen (secondary N) is 1. The van der Waals surface area contributed by atoms with E-state index in [1.165, 1.54) is 30.4 Å². The lowest BCUT2D eigenvalue weighted by atomic mass is 9.79. The van der Waals surface area contributed by atoms with E-state index in [0.29, 0.717) is 11.5 Å². The molecule has 102 valence electrons. The van der Waals surface area contributed by atoms with Crippen molar-refractivity contribution in [1.29, 1.82) is 0 Å². The molecule has 0 radical (unpaired) electrons. The lowest BCUT2D eigenvalue weighted by Gasteiger charge is -2.31. The first-order chi connectivity index (χ1) is 8.45. The summed E-state index contributed by atoms with van der Waals surface area (Å²) in [5.74, 6) is 0. The Balaban J connectivity index is 2.68. The van der Waals surface area contributed by atoms with Gasteiger partial charge in [-0.15, -0.1) is 0 Å². The van der Waals surface area contributed by atoms with Gasteiger partial charge in [0.15, 0.2) is 0 Å². The summed E-state index contributed by atoms with van der Waals surface area (Å²) in [4.78, 5) is 0. The van der Waals surface area contributed by atoms with Crippen molar-refractivity contribution < 1.29 is 0 Å². The summed E-state index contributed by atoms with van der Waals surface area (Å²) >= 11 is 0. The lowest BCUT2D eigenvalue weighted by molar-refractivity contribution is 0.267. The van der Waals surface area contributed by atoms with Gasteiger partial charge in [0.2, 0.25) is 0 Å². The minimum Gasteiger partial charge on any atom is -0.314 e. The zero-order valence-corrected chi connectivity index (χ0v) is 12.7. The molecule has 0 heterocycles. The molecular formula is C17H29N. The third-order valence-corrected chi connectivity index (χ3v) is 3.54. The van der Waals surface area contributed by atoms with Gasteiger partial charge in [-0.25, -0.2) is 0 Å². The fourth-order valence-corrected chi connectivity index (χ4v) is 2.49. The monoisotopic (exact) mass is 247 g/mol. The van der Waals surface area contributed by atoms with Crippen molar-refractivity contribution in [3.05, 3.63) is 35.4 Å². The Morgan fingerprint density at radius 3 is 2.28 bits per heavy atom. The predicted molar refractivity (Wildman–Crippen MR) is 81.0 cm³/mol. The fraction of sp³-hybridized carbons (Fsp3) is 0.647. The van der Waals surface area contributed by atoms with Gasteiger partial charge < -0.3 is 5.32 Å². The van der Waals surface area contributed by atoms with Crippen LogP contribution in [0.1, 0.15) is 51.7 Å². The van der Waals surface area contributed by atoms with Gasteiger partial charge in [-0.2, -0.15) is 0 Å². The highest BCUT2D eigenvalue weighted by molar-refractivity contribution is 5.22. The highest BCUT2D eigenvalue weighted by Gasteiger charge is 2.23. The maximum Gasteiger partial charge on any atom is 0.00107 e. The topological polar surface area (TPSA) is 12.0 Å². The zero-order chi connectivity index (χ0) is 13.6. The Morgan fingerprint density at radius 2 is 1.78 bits per heavy atom. The standard InChI is InChI=1S/C17H29N/c1-6-11-17(5,13-18-14(2)3)12-16-9-7-15(4)8-10-16/h7-10,14,18H,6,11-13H2,1-5H3. The second-order valence-corrected chi connectivity index (χ2v) is 6.26. The van der Waals surface area contributed by atoms with Crippen LogP contribution in [0.15, 0.2) is 24.3 Å². The highest BCUT2D eigenvalue weighted by Crippen LogP contribution is 2.27. The Bertz CT molecular complexity index is 339. The summed E-state index contributed by atoms with van der Waals surface area (Å²) in [6.07, 6.45) is 3.70. The van der Waals surface area contributed by atoms with E-state index >= 15 is 0 Å². The van der Waals surface area contributed by atoms with Crippen LogP contribution in [0.4, 0.5) is 0 Å². The number of hydrogen-bond donors (Lipinski definition) is 1. The van der Waals surface area contributed by atoms with Crippen LogP contribution in [0, 0.1) is 12.3 Å². The molecule has 1 heteroatoms. The smallest absolute Gasteiger partial charge is 0.00107 e. The summed E-state index contributed by atoms with van der Waals surface area (Å²) in [5, 5.41) is 3.60. The van der Waals surface area contributed by atoms with Gasteiger partial charge in [0, 0.05) is 12.6 Å². The molecule has 0 aliphatic rings. The van der Waals surface area contributed by atoms with Crippen LogP contribution in [0.2, 0.25) is 0 Å². The Morgan fingerprint density at radius 1 is 1.17 bits per heavy atom. The quantitative estimate of drug-likeness (QED) is 0.755. The third-order valence-electron chi connectivity index (χ3n) is 3.54. The molecule has 0 amide bonds. The summed E-state index contributed by atoms with van der Waals surface area (Å²) in [7, 11) is 0. The SMILES string of the molecule is CCCC(C)(CNC(C)C)Cc1ccc(C)cc1. The van der Waals surface area contributed by atoms with Crippen LogP contribution in [0.5, 0.6) is 0 Å². The van der Waals surface area contributed by atoms with Gasteiger partial charge >= 0.3 is 0 Å². The van der Waals surface area contributed by atoms with Crippen molar-refractivity contribution in [2.45, 2.75) is 59.9 Å². The average Bonchev–Trinajstić information content (AvgIpc) is 2.30. The number of hydrogen-bond acceptors (Lipinski definition) is 1. The van der Waals surface area contributed by atoms with Crippen molar-refractivity contribution in [2.24, 2.45) is 5.41 Å². The molecule has 0 aromatic heterocycles. The van der Waals surface area contributed by atoms with E-state index in [4.69, 9.17) is 0 Å². The van der Waals surface area contributed by atoms with Crippen LogP contribution in [0.25, 0.3) is 0 Å². The molecule has 1 N–H and O–H groups in total. The van der Waals surface area contributed by atoms with E-state index < -0.39 is 0 Å². The van der Waals surface area contributed by atoms with Crippen LogP contribution < -0.4 is 5.32 Å². The molecule has 1 atom stereocenters. The Hall–Kier alpha value is -0.820. The van der Waals surface area contributed by atoms with Gasteiger partial charge in [-0.05, 0) is 30.7 Å². The van der Waals surface area contributed by atoms with E-state index in [1.807, 2.05) is 0 Å². The summed E-state index contributed by atoms with van der Waals surface area (Å²) in [6, 6.07) is 9.56. The molecule has 0 fully saturated rings. The molecular weight excluding hydrogens is 218 g/mol. The lowest BCUT2D eigenvalue weighted by Crippen LogP contribution is -2.37. The van der Waals surface area contributed by atoms with Crippen molar-refractivity contribution >= 4 is 0 Å². The summed E-state index contributed by atoms with van der Waals surface area (Å²) < 4.78 is 0. The molecule has 18 heavy (non-hydrogen) atoms. The van der Waals surface area contributed by atoms with E-state index in [2.05, 4.69) is 64.2 Å². The number of benzene rings is 1. The minimum absolute atomic E-state index is 0.369. The third kappa shape index (κ3) is 5.22. The normalized spacial score (nSPS) is 14.8. The maximum atomic E-state index is 3.60. The van der Waals surface area contributed by atoms with Crippen LogP contribution >= 0.6 is 0 Å². The van der Waals surface area contributed by atoms with Crippen molar-refractivity contribution in [2.75, 3.05) is 6.54 Å². The van der Waals surface area contributed by atoms with Gasteiger partial charge in [0.1, 0.15) is 0 Å². The van der Waals surface area contributed by atoms with E-state index in [1.54, 1.807) is 0 Å². The molecule has 0 spiro atoms. The molecule has 1 unspecified atom stereocenters. The predicted octanol–water partition coefficient (Wildman–Crippen LogP) is 4.34. The first-order valence-electron chi connectivity index (χ1n) is 7.24. The molecule has 1 aromatic carbocycles. The molecule has 0 saturated heterocycles. The first-order valence-corrected chi connectivity index (χ1v) is 7.24. The van der Waals surface area contributed by atoms with Crippen LogP contribution in [-0.4, -0.2) is 12.6 Å². The molecule has 0 aliphatic heterocycles. The minimum atomic E-state index is 0.369. The summed E-state index contributed by atoms with van der Waals surface area (Å²) in [6.45, 7) is 12.4. The van der Waals surface area contributed by atoms with Gasteiger partial charge in [0.05, 0.1) is 0 Å². The molecule has 0 aliphatic carbocycles. The van der Waals surface area contributed by atoms with Crippen molar-refractivity contribution in [3.63, 3.8) is 0 Å². The zero-order valence-electron chi connectivity index (χ0n) is 12.7. The van der Waals surface area contributed by atoms with Crippen LogP contribution in [0.3, 0.4) is 0 Å². The summed E-state index contributed by atoms with van der Waals surface area (Å²) in [5.41, 5.74) is 3.17. The number of aryl methyl sites for hydroxylation is 1. The molecule has 0 saturated carbocycles. The van der Waals surface area contributed by atoms with Crippen molar-refractivity contribution in [3.8, 4) is 0 Å². The average molecular weight is 247 g/mol. The van der Waals surface area contributed by atoms with Gasteiger partial charge in [-0.3, -0.25) is 0 Å². The number of rotatable bonds is 7. The van der Waals surface area contributed by atoms with Gasteiger partial charge in [0.25, 0.3) is 0 Å². The Kier molecular flexibility index (Phi) is 5.87. The largest absolute Gasteiger partial charge is 0.314 e. The molecule has 0 bridgehead atoms. The maximum absolute atomic E-state index is 3.60. The second-order valence-electron chi connectivity index (χ2n) is 6.26. The Labute approximate surface area is 113 Å². The molecule has 1 rings (SSSR count). The second kappa shape index (κ2) is 6.94. The molecule has 1 aromatic rings. The van der Waals surface area contributed by atoms with E-state index in [0.717, 1.165) is 6.54 Å². The highest BCUT2D eigenvalue weighted by atomic mass is 14.9. The van der Waals surface area contributed by atoms with E-state index in [-0.39, 0.29) is 0 Å². The first kappa shape index (κ1) is 15.2. The van der Waals surface area contributed by atoms with Crippen molar-refractivity contribution in [1.82, 2.24) is 5.32 Å². The van der Waals surface area contributed by atoms with Crippen LogP contribution in [-0.2, 0) is 6.42 Å². The fourth-order valence-electron chi connectivity index (χ4n) is 2.49.